The van der Waals surface area contributed by atoms with Crippen LogP contribution in [0.4, 0.5) is 0 Å². The second-order valence-electron chi connectivity index (χ2n) is 4.29. The highest BCUT2D eigenvalue weighted by molar-refractivity contribution is 6.30. The Kier molecular flexibility index (Phi) is 10.6. The average Bonchev–Trinajstić information content (AvgIpc) is 2.37. The molecular weight excluding hydrogens is 283 g/mol. The second-order valence-corrected chi connectivity index (χ2v) is 4.72. The molecule has 0 spiro atoms. The smallest absolute Gasteiger partial charge is 0.220 e. The van der Waals surface area contributed by atoms with Crippen LogP contribution in [-0.4, -0.2) is 26.0 Å². The van der Waals surface area contributed by atoms with E-state index in [1.165, 1.54) is 5.56 Å². The Labute approximate surface area is 126 Å². The van der Waals surface area contributed by atoms with Gasteiger partial charge in [-0.05, 0) is 50.6 Å². The predicted octanol–water partition coefficient (Wildman–Crippen LogP) is 2.81. The molecule has 1 aromatic rings. The molecule has 0 heterocycles. The Balaban J connectivity index is 0.00000324. The molecule has 0 unspecified atom stereocenters. The summed E-state index contributed by atoms with van der Waals surface area (Å²) >= 11 is 5.81. The Morgan fingerprint density at radius 3 is 2.47 bits per heavy atom. The molecule has 2 N–H and O–H groups in total. The van der Waals surface area contributed by atoms with Crippen LogP contribution in [0.15, 0.2) is 24.3 Å². The number of carbonyl (C=O) groups is 1. The first-order valence-corrected chi connectivity index (χ1v) is 6.76. The van der Waals surface area contributed by atoms with Gasteiger partial charge in [-0.25, -0.2) is 0 Å². The van der Waals surface area contributed by atoms with Gasteiger partial charge in [-0.2, -0.15) is 0 Å². The summed E-state index contributed by atoms with van der Waals surface area (Å²) in [6.07, 6.45) is 3.41. The number of benzene rings is 1. The minimum atomic E-state index is 0. The van der Waals surface area contributed by atoms with Crippen molar-refractivity contribution in [1.82, 2.24) is 10.6 Å². The first-order chi connectivity index (χ1) is 8.72. The third kappa shape index (κ3) is 8.87. The first-order valence-electron chi connectivity index (χ1n) is 6.38. The second kappa shape index (κ2) is 11.1. The Hall–Kier alpha value is -0.770. The van der Waals surface area contributed by atoms with Gasteiger partial charge in [-0.15, -0.1) is 12.4 Å². The van der Waals surface area contributed by atoms with Crippen molar-refractivity contribution in [3.63, 3.8) is 0 Å². The number of carbonyl (C=O) groups excluding carboxylic acids is 1. The molecule has 0 saturated carbocycles. The molecule has 5 heteroatoms. The summed E-state index contributed by atoms with van der Waals surface area (Å²) in [6, 6.07) is 7.84. The summed E-state index contributed by atoms with van der Waals surface area (Å²) in [5.41, 5.74) is 1.25. The van der Waals surface area contributed by atoms with Gasteiger partial charge < -0.3 is 10.6 Å². The molecule has 0 saturated heterocycles. The lowest BCUT2D eigenvalue weighted by Crippen LogP contribution is -2.25. The fourth-order valence-electron chi connectivity index (χ4n) is 1.69. The van der Waals surface area contributed by atoms with Gasteiger partial charge >= 0.3 is 0 Å². The van der Waals surface area contributed by atoms with Crippen molar-refractivity contribution in [2.24, 2.45) is 0 Å². The molecule has 0 aliphatic heterocycles. The fraction of sp³-hybridized carbons (Fsp3) is 0.500. The van der Waals surface area contributed by atoms with Gasteiger partial charge in [0.15, 0.2) is 0 Å². The van der Waals surface area contributed by atoms with Crippen LogP contribution < -0.4 is 10.6 Å². The molecule has 0 aliphatic rings. The van der Waals surface area contributed by atoms with E-state index in [2.05, 4.69) is 10.6 Å². The largest absolute Gasteiger partial charge is 0.356 e. The molecule has 0 radical (unpaired) electrons. The van der Waals surface area contributed by atoms with Gasteiger partial charge in [-0.3, -0.25) is 4.79 Å². The van der Waals surface area contributed by atoms with Crippen LogP contribution in [0, 0.1) is 0 Å². The topological polar surface area (TPSA) is 41.1 Å². The Morgan fingerprint density at radius 1 is 1.16 bits per heavy atom. The minimum Gasteiger partial charge on any atom is -0.356 e. The van der Waals surface area contributed by atoms with E-state index < -0.39 is 0 Å². The van der Waals surface area contributed by atoms with Crippen LogP contribution in [0.2, 0.25) is 5.02 Å². The molecule has 1 aromatic carbocycles. The van der Waals surface area contributed by atoms with Crippen molar-refractivity contribution in [3.05, 3.63) is 34.9 Å². The summed E-state index contributed by atoms with van der Waals surface area (Å²) in [5, 5.41) is 6.72. The van der Waals surface area contributed by atoms with Crippen molar-refractivity contribution in [1.29, 1.82) is 0 Å². The van der Waals surface area contributed by atoms with Crippen LogP contribution >= 0.6 is 24.0 Å². The van der Waals surface area contributed by atoms with Gasteiger partial charge in [0.25, 0.3) is 0 Å². The lowest BCUT2D eigenvalue weighted by molar-refractivity contribution is -0.121. The van der Waals surface area contributed by atoms with E-state index in [1.807, 2.05) is 31.3 Å². The van der Waals surface area contributed by atoms with Crippen molar-refractivity contribution in [3.8, 4) is 0 Å². The molecule has 19 heavy (non-hydrogen) atoms. The molecule has 0 bridgehead atoms. The Bertz CT molecular complexity index is 355. The van der Waals surface area contributed by atoms with Crippen molar-refractivity contribution in [2.75, 3.05) is 20.1 Å². The van der Waals surface area contributed by atoms with E-state index in [0.29, 0.717) is 6.42 Å². The number of aryl methyl sites for hydroxylation is 1. The maximum Gasteiger partial charge on any atom is 0.220 e. The highest BCUT2D eigenvalue weighted by Crippen LogP contribution is 2.10. The average molecular weight is 305 g/mol. The number of rotatable bonds is 8. The number of nitrogens with one attached hydrogen (secondary N) is 2. The van der Waals surface area contributed by atoms with E-state index >= 15 is 0 Å². The van der Waals surface area contributed by atoms with Crippen molar-refractivity contribution >= 4 is 29.9 Å². The van der Waals surface area contributed by atoms with E-state index in [0.717, 1.165) is 37.4 Å². The van der Waals surface area contributed by atoms with Crippen molar-refractivity contribution < 1.29 is 4.79 Å². The molecule has 0 aromatic heterocycles. The minimum absolute atomic E-state index is 0. The summed E-state index contributed by atoms with van der Waals surface area (Å²) < 4.78 is 0. The van der Waals surface area contributed by atoms with Gasteiger partial charge in [0.2, 0.25) is 5.91 Å². The summed E-state index contributed by atoms with van der Waals surface area (Å²) in [5.74, 6) is 0.140. The predicted molar refractivity (Wildman–Crippen MR) is 83.2 cm³/mol. The monoisotopic (exact) mass is 304 g/mol. The van der Waals surface area contributed by atoms with Gasteiger partial charge in [0.1, 0.15) is 0 Å². The SMILES string of the molecule is CNCCCC(=O)NCCCc1ccc(Cl)cc1.Cl. The molecule has 108 valence electrons. The molecule has 1 amide bonds. The van der Waals surface area contributed by atoms with E-state index in [-0.39, 0.29) is 18.3 Å². The summed E-state index contributed by atoms with van der Waals surface area (Å²) in [6.45, 7) is 1.62. The molecule has 0 aliphatic carbocycles. The number of hydrogen-bond donors (Lipinski definition) is 2. The van der Waals surface area contributed by atoms with Gasteiger partial charge in [0.05, 0.1) is 0 Å². The van der Waals surface area contributed by atoms with E-state index in [1.54, 1.807) is 0 Å². The standard InChI is InChI=1S/C14H21ClN2O.ClH/c1-16-10-3-5-14(18)17-11-2-4-12-6-8-13(15)9-7-12;/h6-9,16H,2-5,10-11H2,1H3,(H,17,18);1H. The van der Waals surface area contributed by atoms with Crippen molar-refractivity contribution in [2.45, 2.75) is 25.7 Å². The lowest BCUT2D eigenvalue weighted by Gasteiger charge is -2.05. The zero-order valence-electron chi connectivity index (χ0n) is 11.2. The molecule has 0 fully saturated rings. The molecule has 1 rings (SSSR count). The number of amides is 1. The van der Waals surface area contributed by atoms with E-state index in [9.17, 15) is 4.79 Å². The molecule has 3 nitrogen and oxygen atoms in total. The third-order valence-electron chi connectivity index (χ3n) is 2.71. The zero-order valence-corrected chi connectivity index (χ0v) is 12.8. The lowest BCUT2D eigenvalue weighted by atomic mass is 10.1. The molecule has 0 atom stereocenters. The van der Waals surface area contributed by atoms with Crippen LogP contribution in [-0.2, 0) is 11.2 Å². The summed E-state index contributed by atoms with van der Waals surface area (Å²) in [7, 11) is 1.89. The number of halogens is 2. The maximum atomic E-state index is 11.4. The van der Waals surface area contributed by atoms with Crippen LogP contribution in [0.25, 0.3) is 0 Å². The summed E-state index contributed by atoms with van der Waals surface area (Å²) in [4.78, 5) is 11.4. The van der Waals surface area contributed by atoms with E-state index in [4.69, 9.17) is 11.6 Å². The van der Waals surface area contributed by atoms with Gasteiger partial charge in [0, 0.05) is 18.0 Å². The normalized spacial score (nSPS) is 9.79. The zero-order chi connectivity index (χ0) is 13.2. The quantitative estimate of drug-likeness (QED) is 0.725. The maximum absolute atomic E-state index is 11.4. The van der Waals surface area contributed by atoms with Crippen LogP contribution in [0.3, 0.4) is 0 Å². The van der Waals surface area contributed by atoms with Crippen LogP contribution in [0.1, 0.15) is 24.8 Å². The first kappa shape index (κ1) is 18.2. The molecular formula is C14H22Cl2N2O. The fourth-order valence-corrected chi connectivity index (χ4v) is 1.81. The number of hydrogen-bond acceptors (Lipinski definition) is 2. The van der Waals surface area contributed by atoms with Crippen LogP contribution in [0.5, 0.6) is 0 Å². The van der Waals surface area contributed by atoms with Gasteiger partial charge in [-0.1, -0.05) is 23.7 Å². The highest BCUT2D eigenvalue weighted by Gasteiger charge is 2.00. The Morgan fingerprint density at radius 2 is 1.84 bits per heavy atom. The highest BCUT2D eigenvalue weighted by atomic mass is 35.5. The third-order valence-corrected chi connectivity index (χ3v) is 2.96.